The van der Waals surface area contributed by atoms with Crippen molar-refractivity contribution in [3.63, 3.8) is 0 Å². The minimum atomic E-state index is 0.0361. The van der Waals surface area contributed by atoms with Crippen molar-refractivity contribution in [2.24, 2.45) is 23.7 Å². The number of carbonyl (C=O) groups is 1. The van der Waals surface area contributed by atoms with Crippen LogP contribution in [0.5, 0.6) is 0 Å². The Labute approximate surface area is 132 Å². The minimum absolute atomic E-state index is 0.0361. The Morgan fingerprint density at radius 2 is 1.90 bits per heavy atom. The lowest BCUT2D eigenvalue weighted by Crippen LogP contribution is -2.34. The summed E-state index contributed by atoms with van der Waals surface area (Å²) in [4.78, 5) is 12.3. The van der Waals surface area contributed by atoms with Crippen LogP contribution in [0.1, 0.15) is 46.0 Å². The Balaban J connectivity index is 1.48. The highest BCUT2D eigenvalue weighted by Gasteiger charge is 2.46. The van der Waals surface area contributed by atoms with Crippen molar-refractivity contribution in [2.75, 3.05) is 6.61 Å². The molecule has 2 saturated carbocycles. The smallest absolute Gasteiger partial charge is 0.309 e. The summed E-state index contributed by atoms with van der Waals surface area (Å²) < 4.78 is 5.69. The summed E-state index contributed by atoms with van der Waals surface area (Å²) in [5, 5.41) is 2.16. The average Bonchev–Trinajstić information content (AvgIpc) is 3.16. The maximum absolute atomic E-state index is 12.3. The second kappa shape index (κ2) is 6.12. The molecule has 3 fully saturated rings. The molecule has 0 amide bonds. The molecule has 0 aromatic heterocycles. The van der Waals surface area contributed by atoms with Gasteiger partial charge in [-0.1, -0.05) is 13.8 Å². The predicted molar refractivity (Wildman–Crippen MR) is 87.3 cm³/mol. The number of thiol groups is 1. The second-order valence-electron chi connectivity index (χ2n) is 7.10. The van der Waals surface area contributed by atoms with Gasteiger partial charge >= 0.3 is 5.97 Å². The van der Waals surface area contributed by atoms with Gasteiger partial charge in [0.15, 0.2) is 0 Å². The van der Waals surface area contributed by atoms with Crippen LogP contribution in [0.3, 0.4) is 0 Å². The molecule has 0 aromatic rings. The van der Waals surface area contributed by atoms with E-state index in [0.29, 0.717) is 29.6 Å². The first kappa shape index (κ1) is 15.1. The van der Waals surface area contributed by atoms with Gasteiger partial charge in [0.2, 0.25) is 0 Å². The van der Waals surface area contributed by atoms with E-state index in [9.17, 15) is 4.79 Å². The lowest BCUT2D eigenvalue weighted by Gasteiger charge is -2.32. The van der Waals surface area contributed by atoms with Crippen molar-refractivity contribution in [3.05, 3.63) is 0 Å². The Kier molecular flexibility index (Phi) is 4.61. The van der Waals surface area contributed by atoms with E-state index in [-0.39, 0.29) is 11.9 Å². The van der Waals surface area contributed by atoms with Gasteiger partial charge in [0.25, 0.3) is 0 Å². The molecule has 0 spiro atoms. The van der Waals surface area contributed by atoms with Crippen LogP contribution in [0, 0.1) is 23.7 Å². The van der Waals surface area contributed by atoms with E-state index in [0.717, 1.165) is 29.8 Å². The third-order valence-electron chi connectivity index (χ3n) is 5.54. The third-order valence-corrected chi connectivity index (χ3v) is 7.44. The normalized spacial score (nSPS) is 47.5. The zero-order valence-corrected chi connectivity index (χ0v) is 14.2. The molecule has 1 saturated heterocycles. The van der Waals surface area contributed by atoms with Crippen molar-refractivity contribution in [1.29, 1.82) is 0 Å². The van der Waals surface area contributed by atoms with Crippen LogP contribution in [0.25, 0.3) is 0 Å². The summed E-state index contributed by atoms with van der Waals surface area (Å²) in [6.07, 6.45) is 5.70. The van der Waals surface area contributed by atoms with Crippen LogP contribution in [-0.4, -0.2) is 28.3 Å². The lowest BCUT2D eigenvalue weighted by molar-refractivity contribution is -0.153. The molecule has 20 heavy (non-hydrogen) atoms. The molecule has 4 heteroatoms. The van der Waals surface area contributed by atoms with E-state index in [1.165, 1.54) is 12.8 Å². The average molecular weight is 315 g/mol. The molecule has 0 aromatic carbocycles. The Morgan fingerprint density at radius 1 is 1.15 bits per heavy atom. The highest BCUT2D eigenvalue weighted by Crippen LogP contribution is 2.54. The number of hydrogen-bond donors (Lipinski definition) is 1. The lowest BCUT2D eigenvalue weighted by atomic mass is 9.79. The van der Waals surface area contributed by atoms with E-state index in [1.807, 2.05) is 0 Å². The monoisotopic (exact) mass is 314 g/mol. The summed E-state index contributed by atoms with van der Waals surface area (Å²) in [6, 6.07) is 0. The van der Waals surface area contributed by atoms with Crippen molar-refractivity contribution < 1.29 is 9.53 Å². The molecular weight excluding hydrogens is 288 g/mol. The van der Waals surface area contributed by atoms with Gasteiger partial charge in [-0.2, -0.15) is 24.4 Å². The standard InChI is InChI=1S/C16H26O2S2/c1-9-3-4-12(19)7-13(9)16(17)18-8-11-6-15-14(20-15)5-10(11)2/h9-15,19H,3-8H2,1-2H3. The van der Waals surface area contributed by atoms with Crippen LogP contribution in [0.4, 0.5) is 0 Å². The molecular formula is C16H26O2S2. The summed E-state index contributed by atoms with van der Waals surface area (Å²) >= 11 is 6.67. The van der Waals surface area contributed by atoms with Gasteiger partial charge in [-0.15, -0.1) is 0 Å². The summed E-state index contributed by atoms with van der Waals surface area (Å²) in [5.74, 6) is 1.86. The molecule has 1 heterocycles. The highest BCUT2D eigenvalue weighted by atomic mass is 32.2. The van der Waals surface area contributed by atoms with Crippen molar-refractivity contribution in [2.45, 2.75) is 61.7 Å². The molecule has 3 rings (SSSR count). The van der Waals surface area contributed by atoms with Crippen molar-refractivity contribution in [3.8, 4) is 0 Å². The quantitative estimate of drug-likeness (QED) is 0.487. The topological polar surface area (TPSA) is 26.3 Å². The fourth-order valence-electron chi connectivity index (χ4n) is 3.84. The van der Waals surface area contributed by atoms with E-state index in [2.05, 4.69) is 38.2 Å². The van der Waals surface area contributed by atoms with Gasteiger partial charge in [0, 0.05) is 15.7 Å². The van der Waals surface area contributed by atoms with Crippen LogP contribution < -0.4 is 0 Å². The number of hydrogen-bond acceptors (Lipinski definition) is 4. The Morgan fingerprint density at radius 3 is 2.70 bits per heavy atom. The fraction of sp³-hybridized carbons (Fsp3) is 0.938. The molecule has 0 N–H and O–H groups in total. The van der Waals surface area contributed by atoms with E-state index in [1.54, 1.807) is 0 Å². The fourth-order valence-corrected chi connectivity index (χ4v) is 5.57. The van der Waals surface area contributed by atoms with E-state index < -0.39 is 0 Å². The number of fused-ring (bicyclic) bond motifs is 1. The molecule has 2 aliphatic carbocycles. The number of esters is 1. The van der Waals surface area contributed by atoms with Crippen LogP contribution in [0.2, 0.25) is 0 Å². The van der Waals surface area contributed by atoms with Crippen LogP contribution >= 0.6 is 24.4 Å². The van der Waals surface area contributed by atoms with Gasteiger partial charge in [0.1, 0.15) is 0 Å². The first-order valence-electron chi connectivity index (χ1n) is 8.04. The number of carbonyl (C=O) groups excluding carboxylic acids is 1. The second-order valence-corrected chi connectivity index (χ2v) is 9.32. The minimum Gasteiger partial charge on any atom is -0.465 e. The first-order valence-corrected chi connectivity index (χ1v) is 9.50. The molecule has 2 nitrogen and oxygen atoms in total. The number of ether oxygens (including phenoxy) is 1. The van der Waals surface area contributed by atoms with E-state index in [4.69, 9.17) is 4.74 Å². The molecule has 7 unspecified atom stereocenters. The number of thioether (sulfide) groups is 1. The predicted octanol–water partition coefficient (Wildman–Crippen LogP) is 3.79. The number of rotatable bonds is 3. The van der Waals surface area contributed by atoms with Gasteiger partial charge in [0.05, 0.1) is 12.5 Å². The summed E-state index contributed by atoms with van der Waals surface area (Å²) in [5.41, 5.74) is 0. The van der Waals surface area contributed by atoms with Gasteiger partial charge in [-0.3, -0.25) is 4.79 Å². The largest absolute Gasteiger partial charge is 0.465 e. The van der Waals surface area contributed by atoms with Crippen LogP contribution in [0.15, 0.2) is 0 Å². The van der Waals surface area contributed by atoms with Crippen molar-refractivity contribution >= 4 is 30.4 Å². The van der Waals surface area contributed by atoms with Crippen molar-refractivity contribution in [1.82, 2.24) is 0 Å². The maximum atomic E-state index is 12.3. The molecule has 7 atom stereocenters. The molecule has 0 bridgehead atoms. The summed E-state index contributed by atoms with van der Waals surface area (Å²) in [6.45, 7) is 5.14. The SMILES string of the molecule is CC1CC2SC2CC1COC(=O)C1CC(S)CCC1C. The molecule has 114 valence electrons. The first-order chi connectivity index (χ1) is 9.54. The van der Waals surface area contributed by atoms with E-state index >= 15 is 0 Å². The zero-order chi connectivity index (χ0) is 14.3. The summed E-state index contributed by atoms with van der Waals surface area (Å²) in [7, 11) is 0. The Hall–Kier alpha value is 0.170. The molecule has 0 radical (unpaired) electrons. The molecule has 3 aliphatic rings. The molecule has 1 aliphatic heterocycles. The van der Waals surface area contributed by atoms with Gasteiger partial charge in [-0.05, 0) is 49.9 Å². The van der Waals surface area contributed by atoms with Gasteiger partial charge < -0.3 is 4.74 Å². The zero-order valence-electron chi connectivity index (χ0n) is 12.5. The highest BCUT2D eigenvalue weighted by molar-refractivity contribution is 8.07. The maximum Gasteiger partial charge on any atom is 0.309 e. The third kappa shape index (κ3) is 3.32. The van der Waals surface area contributed by atoms with Crippen LogP contribution in [-0.2, 0) is 9.53 Å². The Bertz CT molecular complexity index is 373. The van der Waals surface area contributed by atoms with Gasteiger partial charge in [-0.25, -0.2) is 0 Å².